The number of anilines is 1. The predicted octanol–water partition coefficient (Wildman–Crippen LogP) is 14.5. The zero-order valence-electron chi connectivity index (χ0n) is 30.1. The van der Waals surface area contributed by atoms with Gasteiger partial charge >= 0.3 is 0 Å². The number of hydrogen-bond acceptors (Lipinski definition) is 2. The third-order valence-corrected chi connectivity index (χ3v) is 6.79. The molecule has 0 aliphatic rings. The van der Waals surface area contributed by atoms with Crippen LogP contribution in [-0.2, 0) is 6.42 Å². The Balaban J connectivity index is -0.000000242. The number of nitrogen functional groups attached to an aromatic ring is 1. The van der Waals surface area contributed by atoms with Crippen molar-refractivity contribution in [1.82, 2.24) is 0 Å². The number of unbranched alkanes of at least 4 members (excludes halogenated alkanes) is 6. The summed E-state index contributed by atoms with van der Waals surface area (Å²) in [6.45, 7) is 26.7. The van der Waals surface area contributed by atoms with Crippen molar-refractivity contribution in [2.24, 2.45) is 11.8 Å². The lowest BCUT2D eigenvalue weighted by atomic mass is 9.90. The highest BCUT2D eigenvalue weighted by atomic mass is 16.5. The van der Waals surface area contributed by atoms with E-state index in [1.165, 1.54) is 108 Å². The van der Waals surface area contributed by atoms with Crippen LogP contribution in [0.2, 0.25) is 0 Å². The Morgan fingerprint density at radius 2 is 1.10 bits per heavy atom. The largest absolute Gasteiger partial charge is 0.493 e. The third-order valence-electron chi connectivity index (χ3n) is 6.79. The molecule has 2 nitrogen and oxygen atoms in total. The molecule has 0 saturated heterocycles. The van der Waals surface area contributed by atoms with Crippen molar-refractivity contribution < 1.29 is 4.74 Å². The summed E-state index contributed by atoms with van der Waals surface area (Å²) in [6, 6.07) is 6.19. The second-order valence-electron chi connectivity index (χ2n) is 10.7. The van der Waals surface area contributed by atoms with Crippen LogP contribution in [-0.4, -0.2) is 6.61 Å². The molecule has 0 fully saturated rings. The molecule has 0 spiro atoms. The maximum Gasteiger partial charge on any atom is 0.122 e. The van der Waals surface area contributed by atoms with E-state index in [1.807, 2.05) is 33.8 Å². The Morgan fingerprint density at radius 1 is 0.610 bits per heavy atom. The van der Waals surface area contributed by atoms with Crippen LogP contribution in [0.3, 0.4) is 0 Å². The molecule has 0 aromatic heterocycles. The van der Waals surface area contributed by atoms with Crippen molar-refractivity contribution in [3.8, 4) is 5.75 Å². The van der Waals surface area contributed by atoms with Crippen LogP contribution in [0.15, 0.2) is 18.2 Å². The minimum absolute atomic E-state index is 0. The molecule has 1 aromatic carbocycles. The summed E-state index contributed by atoms with van der Waals surface area (Å²) in [5.41, 5.74) is 8.22. The molecule has 2 unspecified atom stereocenters. The maximum atomic E-state index is 6.26. The van der Waals surface area contributed by atoms with Crippen molar-refractivity contribution in [2.75, 3.05) is 12.3 Å². The zero-order valence-corrected chi connectivity index (χ0v) is 30.1. The number of rotatable bonds is 19. The van der Waals surface area contributed by atoms with Gasteiger partial charge in [-0.3, -0.25) is 0 Å². The molecular formula is C39H83NO. The van der Waals surface area contributed by atoms with Gasteiger partial charge in [-0.1, -0.05) is 180 Å². The van der Waals surface area contributed by atoms with Crippen molar-refractivity contribution in [3.05, 3.63) is 23.8 Å². The van der Waals surface area contributed by atoms with Crippen LogP contribution in [0.5, 0.6) is 5.75 Å². The SMILES string of the molecule is C.CC.CC.CCC.CCCCC(CCC)CCc1cc(N)ccc1OCC(CC)CCCC.CCCCCCC. The molecule has 0 bridgehead atoms. The van der Waals surface area contributed by atoms with Crippen LogP contribution in [0.25, 0.3) is 0 Å². The second-order valence-corrected chi connectivity index (χ2v) is 10.7. The lowest BCUT2D eigenvalue weighted by molar-refractivity contribution is 0.231. The van der Waals surface area contributed by atoms with Crippen LogP contribution in [0.1, 0.15) is 199 Å². The quantitative estimate of drug-likeness (QED) is 0.130. The molecular weight excluding hydrogens is 498 g/mol. The molecule has 1 aromatic rings. The van der Waals surface area contributed by atoms with Gasteiger partial charge in [-0.2, -0.15) is 0 Å². The fourth-order valence-corrected chi connectivity index (χ4v) is 4.41. The molecule has 0 heterocycles. The monoisotopic (exact) mass is 582 g/mol. The molecule has 0 aliphatic heterocycles. The molecule has 250 valence electrons. The first-order valence-electron chi connectivity index (χ1n) is 18.0. The van der Waals surface area contributed by atoms with Gasteiger partial charge in [0.15, 0.2) is 0 Å². The van der Waals surface area contributed by atoms with Crippen molar-refractivity contribution >= 4 is 5.69 Å². The molecule has 2 atom stereocenters. The summed E-state index contributed by atoms with van der Waals surface area (Å²) in [4.78, 5) is 0. The van der Waals surface area contributed by atoms with E-state index in [0.717, 1.165) is 30.4 Å². The Hall–Kier alpha value is -1.18. The van der Waals surface area contributed by atoms with Gasteiger partial charge in [-0.15, -0.1) is 0 Å². The summed E-state index contributed by atoms with van der Waals surface area (Å²) in [7, 11) is 0. The van der Waals surface area contributed by atoms with E-state index in [-0.39, 0.29) is 7.43 Å². The standard InChI is InChI=1S/C24H43NO.C7H16.C3H8.2C2H6.CH4/c1-5-9-12-20(8-4)19-26-24-17-16-23(25)18-22(24)15-14-21(11-7-3)13-10-6-2;1-3-5-7-6-4-2;1-3-2;2*1-2;/h16-18,20-21H,5-15,19,25H2,1-4H3;3-7H2,1-2H3;3H2,1-2H3;2*1-2H3;1H4. The molecule has 2 heteroatoms. The summed E-state index contributed by atoms with van der Waals surface area (Å²) < 4.78 is 6.26. The van der Waals surface area contributed by atoms with Crippen LogP contribution in [0.4, 0.5) is 5.69 Å². The highest BCUT2D eigenvalue weighted by Crippen LogP contribution is 2.28. The molecule has 2 N–H and O–H groups in total. The zero-order chi connectivity index (χ0) is 31.4. The Kier molecular flexibility index (Phi) is 52.2. The minimum Gasteiger partial charge on any atom is -0.493 e. The summed E-state index contributed by atoms with van der Waals surface area (Å²) in [5.74, 6) is 2.56. The van der Waals surface area contributed by atoms with Gasteiger partial charge in [0, 0.05) is 5.69 Å². The molecule has 0 radical (unpaired) electrons. The normalized spacial score (nSPS) is 10.9. The first kappa shape index (κ1) is 49.5. The highest BCUT2D eigenvalue weighted by molar-refractivity contribution is 5.48. The lowest BCUT2D eigenvalue weighted by Crippen LogP contribution is -2.12. The van der Waals surface area contributed by atoms with E-state index < -0.39 is 0 Å². The van der Waals surface area contributed by atoms with Gasteiger partial charge < -0.3 is 10.5 Å². The molecule has 0 saturated carbocycles. The van der Waals surface area contributed by atoms with Gasteiger partial charge in [0.05, 0.1) is 6.61 Å². The van der Waals surface area contributed by atoms with E-state index in [9.17, 15) is 0 Å². The highest BCUT2D eigenvalue weighted by Gasteiger charge is 2.13. The number of aryl methyl sites for hydroxylation is 1. The van der Waals surface area contributed by atoms with Crippen molar-refractivity contribution in [3.63, 3.8) is 0 Å². The first-order chi connectivity index (χ1) is 19.5. The van der Waals surface area contributed by atoms with Gasteiger partial charge in [-0.25, -0.2) is 0 Å². The van der Waals surface area contributed by atoms with Gasteiger partial charge in [0.1, 0.15) is 5.75 Å². The Morgan fingerprint density at radius 3 is 1.54 bits per heavy atom. The van der Waals surface area contributed by atoms with Crippen molar-refractivity contribution in [1.29, 1.82) is 0 Å². The van der Waals surface area contributed by atoms with E-state index in [2.05, 4.69) is 67.5 Å². The summed E-state index contributed by atoms with van der Waals surface area (Å²) >= 11 is 0. The van der Waals surface area contributed by atoms with E-state index >= 15 is 0 Å². The summed E-state index contributed by atoms with van der Waals surface area (Å²) in [5, 5.41) is 0. The van der Waals surface area contributed by atoms with E-state index in [4.69, 9.17) is 10.5 Å². The third kappa shape index (κ3) is 34.9. The molecule has 0 aliphatic carbocycles. The number of nitrogens with two attached hydrogens (primary N) is 1. The van der Waals surface area contributed by atoms with Gasteiger partial charge in [-0.05, 0) is 54.9 Å². The van der Waals surface area contributed by atoms with Crippen LogP contribution >= 0.6 is 0 Å². The lowest BCUT2D eigenvalue weighted by Gasteiger charge is -2.20. The van der Waals surface area contributed by atoms with Gasteiger partial charge in [0.2, 0.25) is 0 Å². The molecule has 1 rings (SSSR count). The van der Waals surface area contributed by atoms with Crippen LogP contribution < -0.4 is 10.5 Å². The Labute approximate surface area is 263 Å². The number of ether oxygens (including phenoxy) is 1. The summed E-state index contributed by atoms with van der Waals surface area (Å²) in [6.07, 6.45) is 22.2. The molecule has 0 amide bonds. The topological polar surface area (TPSA) is 35.2 Å². The average Bonchev–Trinajstić information content (AvgIpc) is 2.98. The first-order valence-corrected chi connectivity index (χ1v) is 18.0. The minimum atomic E-state index is 0. The molecule has 41 heavy (non-hydrogen) atoms. The maximum absolute atomic E-state index is 6.26. The van der Waals surface area contributed by atoms with E-state index in [0.29, 0.717) is 5.92 Å². The fourth-order valence-electron chi connectivity index (χ4n) is 4.41. The van der Waals surface area contributed by atoms with Gasteiger partial charge in [0.25, 0.3) is 0 Å². The average molecular weight is 582 g/mol. The van der Waals surface area contributed by atoms with E-state index in [1.54, 1.807) is 0 Å². The smallest absolute Gasteiger partial charge is 0.122 e. The van der Waals surface area contributed by atoms with Crippen molar-refractivity contribution in [2.45, 2.75) is 200 Å². The van der Waals surface area contributed by atoms with Crippen LogP contribution in [0, 0.1) is 11.8 Å². The fraction of sp³-hybridized carbons (Fsp3) is 0.846. The number of hydrogen-bond donors (Lipinski definition) is 1. The number of benzene rings is 1. The second kappa shape index (κ2) is 43.3. The Bertz CT molecular complexity index is 552. The predicted molar refractivity (Wildman–Crippen MR) is 196 cm³/mol.